The Hall–Kier alpha value is -1.36. The molecule has 1 rings (SSSR count). The molecule has 0 saturated carbocycles. The molecule has 5 heteroatoms. The summed E-state index contributed by atoms with van der Waals surface area (Å²) in [6, 6.07) is 0. The van der Waals surface area contributed by atoms with Crippen LogP contribution in [0.5, 0.6) is 0 Å². The zero-order valence-electron chi connectivity index (χ0n) is 12.6. The Morgan fingerprint density at radius 2 is 2.05 bits per heavy atom. The van der Waals surface area contributed by atoms with Crippen LogP contribution in [-0.2, 0) is 22.5 Å². The molecule has 1 atom stereocenters. The van der Waals surface area contributed by atoms with Gasteiger partial charge in [0.2, 0.25) is 0 Å². The second kappa shape index (κ2) is 5.74. The average molecular weight is 267 g/mol. The third kappa shape index (κ3) is 5.03. The number of ether oxygens (including phenoxy) is 1. The first kappa shape index (κ1) is 15.7. The molecule has 19 heavy (non-hydrogen) atoms. The van der Waals surface area contributed by atoms with E-state index in [0.29, 0.717) is 6.54 Å². The van der Waals surface area contributed by atoms with Crippen molar-refractivity contribution in [2.24, 2.45) is 5.73 Å². The number of hydrogen-bond acceptors (Lipinski definition) is 4. The highest BCUT2D eigenvalue weighted by atomic mass is 16.6. The van der Waals surface area contributed by atoms with Crippen LogP contribution >= 0.6 is 0 Å². The maximum atomic E-state index is 12.0. The first-order valence-electron chi connectivity index (χ1n) is 6.68. The van der Waals surface area contributed by atoms with Gasteiger partial charge in [-0.1, -0.05) is 13.3 Å². The molecule has 108 valence electrons. The van der Waals surface area contributed by atoms with E-state index in [4.69, 9.17) is 10.5 Å². The summed E-state index contributed by atoms with van der Waals surface area (Å²) in [7, 11) is 0. The van der Waals surface area contributed by atoms with Crippen LogP contribution in [0.2, 0.25) is 0 Å². The lowest BCUT2D eigenvalue weighted by atomic mass is 10.0. The van der Waals surface area contributed by atoms with Crippen molar-refractivity contribution in [3.8, 4) is 0 Å². The number of rotatable bonds is 5. The highest BCUT2D eigenvalue weighted by Gasteiger charge is 2.34. The Morgan fingerprint density at radius 1 is 1.42 bits per heavy atom. The summed E-state index contributed by atoms with van der Waals surface area (Å²) in [6.07, 6.45) is 5.79. The van der Waals surface area contributed by atoms with Gasteiger partial charge < -0.3 is 10.5 Å². The molecule has 5 nitrogen and oxygen atoms in total. The minimum absolute atomic E-state index is 0.311. The van der Waals surface area contributed by atoms with E-state index in [1.165, 1.54) is 0 Å². The molecule has 2 N–H and O–H groups in total. The summed E-state index contributed by atoms with van der Waals surface area (Å²) >= 11 is 0. The molecule has 0 aliphatic rings. The van der Waals surface area contributed by atoms with Crippen molar-refractivity contribution in [3.63, 3.8) is 0 Å². The number of carbonyl (C=O) groups excluding carboxylic acids is 1. The fourth-order valence-electron chi connectivity index (χ4n) is 1.71. The number of carbonyl (C=O) groups is 1. The SMILES string of the molecule is CCCc1cnn(CC(C)(N)C(=O)OC(C)(C)C)c1. The van der Waals surface area contributed by atoms with Gasteiger partial charge >= 0.3 is 5.97 Å². The Morgan fingerprint density at radius 3 is 2.58 bits per heavy atom. The molecular weight excluding hydrogens is 242 g/mol. The maximum absolute atomic E-state index is 12.0. The molecule has 0 bridgehead atoms. The third-order valence-corrected chi connectivity index (χ3v) is 2.58. The van der Waals surface area contributed by atoms with E-state index in [0.717, 1.165) is 18.4 Å². The zero-order valence-corrected chi connectivity index (χ0v) is 12.6. The third-order valence-electron chi connectivity index (χ3n) is 2.58. The van der Waals surface area contributed by atoms with Crippen molar-refractivity contribution in [1.29, 1.82) is 0 Å². The van der Waals surface area contributed by atoms with Gasteiger partial charge in [-0.2, -0.15) is 5.10 Å². The number of nitrogens with two attached hydrogens (primary N) is 1. The van der Waals surface area contributed by atoms with Crippen LogP contribution in [0, 0.1) is 0 Å². The Labute approximate surface area is 115 Å². The molecule has 1 aromatic rings. The molecule has 0 fully saturated rings. The lowest BCUT2D eigenvalue weighted by Crippen LogP contribution is -2.51. The van der Waals surface area contributed by atoms with Crippen LogP contribution in [0.15, 0.2) is 12.4 Å². The number of esters is 1. The van der Waals surface area contributed by atoms with Gasteiger partial charge in [-0.05, 0) is 39.7 Å². The van der Waals surface area contributed by atoms with Crippen LogP contribution in [0.4, 0.5) is 0 Å². The largest absolute Gasteiger partial charge is 0.459 e. The van der Waals surface area contributed by atoms with Crippen molar-refractivity contribution in [1.82, 2.24) is 9.78 Å². The Balaban J connectivity index is 2.69. The predicted octanol–water partition coefficient (Wildman–Crippen LogP) is 1.89. The van der Waals surface area contributed by atoms with E-state index >= 15 is 0 Å². The van der Waals surface area contributed by atoms with Crippen molar-refractivity contribution >= 4 is 5.97 Å². The molecule has 1 unspecified atom stereocenters. The highest BCUT2D eigenvalue weighted by molar-refractivity contribution is 5.80. The van der Waals surface area contributed by atoms with Gasteiger partial charge in [0, 0.05) is 6.20 Å². The number of nitrogens with zero attached hydrogens (tertiary/aromatic N) is 2. The summed E-state index contributed by atoms with van der Waals surface area (Å²) in [5.74, 6) is -0.410. The number of aryl methyl sites for hydroxylation is 1. The van der Waals surface area contributed by atoms with Crippen molar-refractivity contribution < 1.29 is 9.53 Å². The average Bonchev–Trinajstić information content (AvgIpc) is 2.62. The molecule has 0 spiro atoms. The molecule has 0 amide bonds. The Bertz CT molecular complexity index is 430. The highest BCUT2D eigenvalue weighted by Crippen LogP contribution is 2.14. The van der Waals surface area contributed by atoms with Crippen LogP contribution in [0.1, 0.15) is 46.6 Å². The van der Waals surface area contributed by atoms with E-state index in [2.05, 4.69) is 12.0 Å². The molecular formula is C14H25N3O2. The molecule has 0 aliphatic carbocycles. The first-order chi connectivity index (χ1) is 8.64. The van der Waals surface area contributed by atoms with Crippen LogP contribution < -0.4 is 5.73 Å². The first-order valence-corrected chi connectivity index (χ1v) is 6.68. The van der Waals surface area contributed by atoms with Gasteiger partial charge in [0.25, 0.3) is 0 Å². The topological polar surface area (TPSA) is 70.1 Å². The molecule has 0 aliphatic heterocycles. The van der Waals surface area contributed by atoms with Gasteiger partial charge in [0.05, 0.1) is 12.7 Å². The van der Waals surface area contributed by atoms with E-state index in [9.17, 15) is 4.79 Å². The minimum atomic E-state index is -1.08. The van der Waals surface area contributed by atoms with E-state index in [1.54, 1.807) is 11.6 Å². The monoisotopic (exact) mass is 267 g/mol. The van der Waals surface area contributed by atoms with E-state index in [-0.39, 0.29) is 0 Å². The molecule has 0 radical (unpaired) electrons. The second-order valence-corrected chi connectivity index (χ2v) is 6.22. The zero-order chi connectivity index (χ0) is 14.7. The Kier molecular flexibility index (Phi) is 4.74. The van der Waals surface area contributed by atoms with Gasteiger partial charge in [0.1, 0.15) is 11.1 Å². The summed E-state index contributed by atoms with van der Waals surface area (Å²) in [4.78, 5) is 12.0. The van der Waals surface area contributed by atoms with Crippen molar-refractivity contribution in [2.75, 3.05) is 0 Å². The lowest BCUT2D eigenvalue weighted by molar-refractivity contribution is -0.161. The van der Waals surface area contributed by atoms with Gasteiger partial charge in [0.15, 0.2) is 0 Å². The van der Waals surface area contributed by atoms with Crippen LogP contribution in [0.25, 0.3) is 0 Å². The number of aromatic nitrogens is 2. The molecule has 1 aromatic heterocycles. The maximum Gasteiger partial charge on any atom is 0.328 e. The fraction of sp³-hybridized carbons (Fsp3) is 0.714. The summed E-state index contributed by atoms with van der Waals surface area (Å²) in [6.45, 7) is 9.58. The van der Waals surface area contributed by atoms with E-state index in [1.807, 2.05) is 33.2 Å². The van der Waals surface area contributed by atoms with Crippen LogP contribution in [-0.4, -0.2) is 26.9 Å². The standard InChI is InChI=1S/C14H25N3O2/c1-6-7-11-8-16-17(9-11)10-14(5,15)12(18)19-13(2,3)4/h8-9H,6-7,10,15H2,1-5H3. The van der Waals surface area contributed by atoms with E-state index < -0.39 is 17.1 Å². The smallest absolute Gasteiger partial charge is 0.328 e. The predicted molar refractivity (Wildman–Crippen MR) is 74.7 cm³/mol. The van der Waals surface area contributed by atoms with Gasteiger partial charge in [-0.3, -0.25) is 4.68 Å². The molecule has 0 saturated heterocycles. The van der Waals surface area contributed by atoms with Gasteiger partial charge in [-0.15, -0.1) is 0 Å². The van der Waals surface area contributed by atoms with Crippen LogP contribution in [0.3, 0.4) is 0 Å². The fourth-order valence-corrected chi connectivity index (χ4v) is 1.71. The molecule has 0 aromatic carbocycles. The lowest BCUT2D eigenvalue weighted by Gasteiger charge is -2.28. The van der Waals surface area contributed by atoms with Crippen molar-refractivity contribution in [2.45, 2.75) is 65.1 Å². The quantitative estimate of drug-likeness (QED) is 0.827. The summed E-state index contributed by atoms with van der Waals surface area (Å²) in [5, 5.41) is 4.23. The number of hydrogen-bond donors (Lipinski definition) is 1. The summed E-state index contributed by atoms with van der Waals surface area (Å²) in [5.41, 5.74) is 5.59. The van der Waals surface area contributed by atoms with Crippen molar-refractivity contribution in [3.05, 3.63) is 18.0 Å². The van der Waals surface area contributed by atoms with Gasteiger partial charge in [-0.25, -0.2) is 4.79 Å². The molecule has 1 heterocycles. The summed E-state index contributed by atoms with van der Waals surface area (Å²) < 4.78 is 7.03. The second-order valence-electron chi connectivity index (χ2n) is 6.22. The normalized spacial score (nSPS) is 15.1. The minimum Gasteiger partial charge on any atom is -0.459 e.